The van der Waals surface area contributed by atoms with Crippen molar-refractivity contribution in [1.29, 1.82) is 0 Å². The number of anilines is 3. The molecular weight excluding hydrogens is 330 g/mol. The highest BCUT2D eigenvalue weighted by Gasteiger charge is 2.07. The standard InChI is InChI=1S/C13H11BrClN3O/c14-12-10(15)2-1-3-11(12)18-13(19)17-9-6-4-8(16)5-7-9/h1-7H,16H2,(H2,17,18,19). The van der Waals surface area contributed by atoms with E-state index in [-0.39, 0.29) is 6.03 Å². The molecule has 0 aliphatic heterocycles. The van der Waals surface area contributed by atoms with Crippen molar-refractivity contribution < 1.29 is 4.79 Å². The molecule has 2 rings (SSSR count). The fourth-order valence-corrected chi connectivity index (χ4v) is 1.99. The van der Waals surface area contributed by atoms with E-state index in [4.69, 9.17) is 17.3 Å². The van der Waals surface area contributed by atoms with Crippen molar-refractivity contribution in [2.75, 3.05) is 16.4 Å². The molecule has 0 atom stereocenters. The van der Waals surface area contributed by atoms with Crippen molar-refractivity contribution in [1.82, 2.24) is 0 Å². The van der Waals surface area contributed by atoms with Gasteiger partial charge in [0, 0.05) is 11.4 Å². The first-order valence-electron chi connectivity index (χ1n) is 5.44. The van der Waals surface area contributed by atoms with Gasteiger partial charge in [-0.05, 0) is 52.3 Å². The molecular formula is C13H11BrClN3O. The normalized spacial score (nSPS) is 10.0. The molecule has 0 radical (unpaired) electrons. The number of rotatable bonds is 2. The van der Waals surface area contributed by atoms with Gasteiger partial charge in [-0.15, -0.1) is 0 Å². The van der Waals surface area contributed by atoms with Gasteiger partial charge in [0.2, 0.25) is 0 Å². The number of benzene rings is 2. The molecule has 0 aliphatic carbocycles. The van der Waals surface area contributed by atoms with Gasteiger partial charge in [-0.2, -0.15) is 0 Å². The third kappa shape index (κ3) is 3.62. The Labute approximate surface area is 124 Å². The van der Waals surface area contributed by atoms with Crippen LogP contribution in [0.4, 0.5) is 21.9 Å². The van der Waals surface area contributed by atoms with Gasteiger partial charge < -0.3 is 16.4 Å². The van der Waals surface area contributed by atoms with Crippen molar-refractivity contribution in [3.63, 3.8) is 0 Å². The van der Waals surface area contributed by atoms with E-state index in [0.717, 1.165) is 0 Å². The first-order chi connectivity index (χ1) is 9.06. The number of carbonyl (C=O) groups is 1. The largest absolute Gasteiger partial charge is 0.399 e. The maximum absolute atomic E-state index is 11.8. The highest BCUT2D eigenvalue weighted by Crippen LogP contribution is 2.30. The number of nitrogens with one attached hydrogen (secondary N) is 2. The van der Waals surface area contributed by atoms with Crippen LogP contribution in [0.5, 0.6) is 0 Å². The number of nitrogen functional groups attached to an aromatic ring is 1. The van der Waals surface area contributed by atoms with Gasteiger partial charge in [-0.1, -0.05) is 17.7 Å². The van der Waals surface area contributed by atoms with Crippen LogP contribution in [0.25, 0.3) is 0 Å². The van der Waals surface area contributed by atoms with E-state index in [1.807, 2.05) is 0 Å². The van der Waals surface area contributed by atoms with Crippen LogP contribution in [0.1, 0.15) is 0 Å². The third-order valence-electron chi connectivity index (χ3n) is 2.37. The van der Waals surface area contributed by atoms with E-state index in [9.17, 15) is 4.79 Å². The molecule has 6 heteroatoms. The van der Waals surface area contributed by atoms with Crippen molar-refractivity contribution in [3.05, 3.63) is 52.0 Å². The zero-order chi connectivity index (χ0) is 13.8. The van der Waals surface area contributed by atoms with Gasteiger partial charge in [0.15, 0.2) is 0 Å². The number of nitrogens with two attached hydrogens (primary N) is 1. The summed E-state index contributed by atoms with van der Waals surface area (Å²) >= 11 is 9.26. The van der Waals surface area contributed by atoms with Crippen LogP contribution in [0.2, 0.25) is 5.02 Å². The van der Waals surface area contributed by atoms with Crippen molar-refractivity contribution >= 4 is 50.6 Å². The maximum Gasteiger partial charge on any atom is 0.323 e. The van der Waals surface area contributed by atoms with Crippen molar-refractivity contribution in [3.8, 4) is 0 Å². The summed E-state index contributed by atoms with van der Waals surface area (Å²) in [4.78, 5) is 11.8. The minimum absolute atomic E-state index is 0.354. The van der Waals surface area contributed by atoms with Crippen LogP contribution >= 0.6 is 27.5 Å². The summed E-state index contributed by atoms with van der Waals surface area (Å²) in [7, 11) is 0. The summed E-state index contributed by atoms with van der Waals surface area (Å²) in [5.41, 5.74) is 7.47. The second-order valence-corrected chi connectivity index (χ2v) is 5.00. The van der Waals surface area contributed by atoms with Crippen LogP contribution in [0.15, 0.2) is 46.9 Å². The van der Waals surface area contributed by atoms with Crippen molar-refractivity contribution in [2.24, 2.45) is 0 Å². The Morgan fingerprint density at radius 3 is 2.47 bits per heavy atom. The lowest BCUT2D eigenvalue weighted by molar-refractivity contribution is 0.262. The molecule has 0 saturated heterocycles. The highest BCUT2D eigenvalue weighted by atomic mass is 79.9. The summed E-state index contributed by atoms with van der Waals surface area (Å²) in [6, 6.07) is 11.8. The minimum atomic E-state index is -0.354. The molecule has 2 aromatic carbocycles. The smallest absolute Gasteiger partial charge is 0.323 e. The average molecular weight is 341 g/mol. The summed E-state index contributed by atoms with van der Waals surface area (Å²) < 4.78 is 0.643. The fourth-order valence-electron chi connectivity index (χ4n) is 1.45. The topological polar surface area (TPSA) is 67.1 Å². The quantitative estimate of drug-likeness (QED) is 0.712. The molecule has 0 heterocycles. The first kappa shape index (κ1) is 13.7. The van der Waals surface area contributed by atoms with Crippen molar-refractivity contribution in [2.45, 2.75) is 0 Å². The molecule has 19 heavy (non-hydrogen) atoms. The third-order valence-corrected chi connectivity index (χ3v) is 3.77. The summed E-state index contributed by atoms with van der Waals surface area (Å²) in [5, 5.41) is 5.93. The summed E-state index contributed by atoms with van der Waals surface area (Å²) in [6.07, 6.45) is 0. The lowest BCUT2D eigenvalue weighted by Crippen LogP contribution is -2.19. The molecule has 0 unspecified atom stereocenters. The van der Waals surface area contributed by atoms with E-state index < -0.39 is 0 Å². The van der Waals surface area contributed by atoms with Crippen LogP contribution in [0, 0.1) is 0 Å². The molecule has 2 aromatic rings. The summed E-state index contributed by atoms with van der Waals surface area (Å²) in [5.74, 6) is 0. The molecule has 0 aliphatic rings. The van der Waals surface area contributed by atoms with Gasteiger partial charge in [-0.3, -0.25) is 0 Å². The van der Waals surface area contributed by atoms with Gasteiger partial charge in [0.1, 0.15) is 0 Å². The van der Waals surface area contributed by atoms with Gasteiger partial charge in [0.25, 0.3) is 0 Å². The Hall–Kier alpha value is -1.72. The zero-order valence-corrected chi connectivity index (χ0v) is 12.1. The highest BCUT2D eigenvalue weighted by molar-refractivity contribution is 9.10. The Bertz CT molecular complexity index is 601. The van der Waals surface area contributed by atoms with E-state index in [0.29, 0.717) is 26.6 Å². The number of hydrogen-bond acceptors (Lipinski definition) is 2. The average Bonchev–Trinajstić information content (AvgIpc) is 2.38. The van der Waals surface area contributed by atoms with Gasteiger partial charge in [-0.25, -0.2) is 4.79 Å². The Morgan fingerprint density at radius 1 is 1.11 bits per heavy atom. The van der Waals surface area contributed by atoms with Crippen LogP contribution in [0.3, 0.4) is 0 Å². The zero-order valence-electron chi connectivity index (χ0n) is 9.78. The van der Waals surface area contributed by atoms with E-state index in [2.05, 4.69) is 26.6 Å². The van der Waals surface area contributed by atoms with Gasteiger partial charge >= 0.3 is 6.03 Å². The Morgan fingerprint density at radius 2 is 1.79 bits per heavy atom. The molecule has 0 fully saturated rings. The van der Waals surface area contributed by atoms with Crippen LogP contribution < -0.4 is 16.4 Å². The molecule has 4 N–H and O–H groups in total. The number of carbonyl (C=O) groups excluding carboxylic acids is 1. The number of amides is 2. The second kappa shape index (κ2) is 5.95. The number of hydrogen-bond donors (Lipinski definition) is 3. The monoisotopic (exact) mass is 339 g/mol. The lowest BCUT2D eigenvalue weighted by Gasteiger charge is -2.10. The molecule has 0 bridgehead atoms. The lowest BCUT2D eigenvalue weighted by atomic mass is 10.3. The molecule has 2 amide bonds. The molecule has 4 nitrogen and oxygen atoms in total. The molecule has 0 saturated carbocycles. The van der Waals surface area contributed by atoms with Crippen LogP contribution in [-0.4, -0.2) is 6.03 Å². The molecule has 0 spiro atoms. The minimum Gasteiger partial charge on any atom is -0.399 e. The number of urea groups is 1. The van der Waals surface area contributed by atoms with E-state index >= 15 is 0 Å². The van der Waals surface area contributed by atoms with Crippen LogP contribution in [-0.2, 0) is 0 Å². The SMILES string of the molecule is Nc1ccc(NC(=O)Nc2cccc(Cl)c2Br)cc1. The van der Waals surface area contributed by atoms with E-state index in [1.165, 1.54) is 0 Å². The first-order valence-corrected chi connectivity index (χ1v) is 6.61. The predicted molar refractivity (Wildman–Crippen MR) is 82.6 cm³/mol. The van der Waals surface area contributed by atoms with Gasteiger partial charge in [0.05, 0.1) is 15.2 Å². The Kier molecular flexibility index (Phi) is 4.29. The maximum atomic E-state index is 11.8. The van der Waals surface area contributed by atoms with E-state index in [1.54, 1.807) is 42.5 Å². The summed E-state index contributed by atoms with van der Waals surface area (Å²) in [6.45, 7) is 0. The number of halogens is 2. The Balaban J connectivity index is 2.05. The predicted octanol–water partition coefficient (Wildman–Crippen LogP) is 4.33. The fraction of sp³-hybridized carbons (Fsp3) is 0. The molecule has 98 valence electrons. The second-order valence-electron chi connectivity index (χ2n) is 3.80. The molecule has 0 aromatic heterocycles.